The molecule has 0 aliphatic carbocycles. The molecule has 0 amide bonds. The largest absolute Gasteiger partial charge is 0.493 e. The second-order valence-corrected chi connectivity index (χ2v) is 18.3. The number of rotatable bonds is 42. The first-order chi connectivity index (χ1) is 33.5. The highest BCUT2D eigenvalue weighted by Gasteiger charge is 2.15. The minimum absolute atomic E-state index is 0.634. The zero-order valence-corrected chi connectivity index (χ0v) is 44.0. The predicted molar refractivity (Wildman–Crippen MR) is 295 cm³/mol. The summed E-state index contributed by atoms with van der Waals surface area (Å²) < 4.78 is 39.3. The lowest BCUT2D eigenvalue weighted by atomic mass is 10.0. The van der Waals surface area contributed by atoms with Gasteiger partial charge in [0.15, 0.2) is 0 Å². The lowest BCUT2D eigenvalue weighted by Gasteiger charge is -2.17. The standard InChI is InChI=1S/C62H94O6/c1-9-17-23-29-39-63-57-47-53(59(45-51(57)15-7)65-41-31-25-19-11-3)35-37-55-49-62(68-44-34-28-22-14-6)56(50-61(55)67-43-33-27-21-13-5)38-36-54-48-58(64-40-30-24-18-10-2)52(16-8)46-60(54)66-42-32-26-20-12-4/h15-16,35-38,45-50H,7-14,17-34,39-44H2,1-6H3/b37-35+,38-36+. The van der Waals surface area contributed by atoms with Crippen LogP contribution in [0.4, 0.5) is 0 Å². The first kappa shape index (κ1) is 57.7. The third kappa shape index (κ3) is 22.7. The summed E-state index contributed by atoms with van der Waals surface area (Å²) in [5.41, 5.74) is 5.72. The maximum atomic E-state index is 6.72. The van der Waals surface area contributed by atoms with Crippen molar-refractivity contribution in [3.05, 3.63) is 82.9 Å². The van der Waals surface area contributed by atoms with Gasteiger partial charge in [0.05, 0.1) is 39.6 Å². The topological polar surface area (TPSA) is 55.4 Å². The number of hydrogen-bond donors (Lipinski definition) is 0. The van der Waals surface area contributed by atoms with Crippen molar-refractivity contribution < 1.29 is 28.4 Å². The van der Waals surface area contributed by atoms with Crippen molar-refractivity contribution in [2.75, 3.05) is 39.6 Å². The van der Waals surface area contributed by atoms with Crippen molar-refractivity contribution in [1.29, 1.82) is 0 Å². The average Bonchev–Trinajstić information content (AvgIpc) is 3.35. The Morgan fingerprint density at radius 2 is 0.441 bits per heavy atom. The van der Waals surface area contributed by atoms with Gasteiger partial charge in [-0.2, -0.15) is 0 Å². The highest BCUT2D eigenvalue weighted by molar-refractivity contribution is 5.82. The summed E-state index contributed by atoms with van der Waals surface area (Å²) in [5.74, 6) is 4.95. The van der Waals surface area contributed by atoms with Crippen molar-refractivity contribution in [1.82, 2.24) is 0 Å². The average molecular weight is 935 g/mol. The molecule has 0 atom stereocenters. The molecule has 3 aromatic carbocycles. The Morgan fingerprint density at radius 1 is 0.265 bits per heavy atom. The monoisotopic (exact) mass is 935 g/mol. The fourth-order valence-corrected chi connectivity index (χ4v) is 7.99. The van der Waals surface area contributed by atoms with Gasteiger partial charge in [-0.1, -0.05) is 207 Å². The summed E-state index contributed by atoms with van der Waals surface area (Å²) in [4.78, 5) is 0. The number of ether oxygens (including phenoxy) is 6. The normalized spacial score (nSPS) is 11.4. The summed E-state index contributed by atoms with van der Waals surface area (Å²) in [5, 5.41) is 0. The smallest absolute Gasteiger partial charge is 0.127 e. The Bertz CT molecular complexity index is 1740. The lowest BCUT2D eigenvalue weighted by molar-refractivity contribution is 0.295. The molecule has 0 fully saturated rings. The van der Waals surface area contributed by atoms with Crippen LogP contribution in [0, 0.1) is 0 Å². The Hall–Kier alpha value is -4.58. The highest BCUT2D eigenvalue weighted by atomic mass is 16.5. The Balaban J connectivity index is 2.18. The number of benzene rings is 3. The Kier molecular flexibility index (Phi) is 31.7. The first-order valence-electron chi connectivity index (χ1n) is 27.4. The van der Waals surface area contributed by atoms with Crippen molar-refractivity contribution in [3.63, 3.8) is 0 Å². The zero-order valence-electron chi connectivity index (χ0n) is 44.0. The van der Waals surface area contributed by atoms with Crippen LogP contribution in [0.2, 0.25) is 0 Å². The molecule has 0 N–H and O–H groups in total. The molecule has 0 aliphatic rings. The van der Waals surface area contributed by atoms with Crippen molar-refractivity contribution in [2.24, 2.45) is 0 Å². The summed E-state index contributed by atoms with van der Waals surface area (Å²) in [6.07, 6.45) is 39.6. The van der Waals surface area contributed by atoms with Gasteiger partial charge in [-0.3, -0.25) is 0 Å². The van der Waals surface area contributed by atoms with E-state index >= 15 is 0 Å². The molecular weight excluding hydrogens is 841 g/mol. The Labute approximate surface area is 416 Å². The number of hydrogen-bond acceptors (Lipinski definition) is 6. The van der Waals surface area contributed by atoms with Gasteiger partial charge in [0.2, 0.25) is 0 Å². The van der Waals surface area contributed by atoms with Gasteiger partial charge in [0.1, 0.15) is 34.5 Å². The van der Waals surface area contributed by atoms with Gasteiger partial charge in [-0.05, 0) is 74.9 Å². The molecule has 0 saturated heterocycles. The molecule has 0 bridgehead atoms. The van der Waals surface area contributed by atoms with Gasteiger partial charge >= 0.3 is 0 Å². The number of unbranched alkanes of at least 4 members (excludes halogenated alkanes) is 18. The van der Waals surface area contributed by atoms with E-state index in [1.807, 2.05) is 12.2 Å². The molecule has 3 aromatic rings. The molecule has 378 valence electrons. The predicted octanol–water partition coefficient (Wildman–Crippen LogP) is 19.1. The van der Waals surface area contributed by atoms with Gasteiger partial charge in [0.25, 0.3) is 0 Å². The van der Waals surface area contributed by atoms with Crippen LogP contribution in [0.1, 0.15) is 229 Å². The minimum atomic E-state index is 0.634. The van der Waals surface area contributed by atoms with Gasteiger partial charge < -0.3 is 28.4 Å². The van der Waals surface area contributed by atoms with Crippen molar-refractivity contribution in [3.8, 4) is 34.5 Å². The van der Waals surface area contributed by atoms with Crippen LogP contribution >= 0.6 is 0 Å². The van der Waals surface area contributed by atoms with E-state index < -0.39 is 0 Å². The zero-order chi connectivity index (χ0) is 48.9. The highest BCUT2D eigenvalue weighted by Crippen LogP contribution is 2.37. The van der Waals surface area contributed by atoms with E-state index in [-0.39, 0.29) is 0 Å². The molecule has 6 heteroatoms. The third-order valence-electron chi connectivity index (χ3n) is 12.3. The van der Waals surface area contributed by atoms with E-state index in [1.165, 1.54) is 77.0 Å². The molecule has 0 aromatic heterocycles. The molecule has 0 radical (unpaired) electrons. The summed E-state index contributed by atoms with van der Waals surface area (Å²) >= 11 is 0. The minimum Gasteiger partial charge on any atom is -0.493 e. The Morgan fingerprint density at radius 3 is 0.618 bits per heavy atom. The van der Waals surface area contributed by atoms with Crippen LogP contribution < -0.4 is 28.4 Å². The fourth-order valence-electron chi connectivity index (χ4n) is 7.99. The molecule has 0 unspecified atom stereocenters. The van der Waals surface area contributed by atoms with Crippen molar-refractivity contribution >= 4 is 36.5 Å². The molecule has 6 nitrogen and oxygen atoms in total. The lowest BCUT2D eigenvalue weighted by Crippen LogP contribution is -2.04. The van der Waals surface area contributed by atoms with Crippen LogP contribution in [0.3, 0.4) is 0 Å². The van der Waals surface area contributed by atoms with E-state index in [1.54, 1.807) is 0 Å². The SMILES string of the molecule is C=Cc1cc(OCCCCCC)c(/C=C/c2cc(OCCCCCC)c(/C=C/c3cc(OCCCCCC)c(C=C)cc3OCCCCCC)cc2OCCCCCC)cc1OCCCCCC. The van der Waals surface area contributed by atoms with Crippen LogP contribution in [-0.4, -0.2) is 39.6 Å². The molecule has 0 saturated carbocycles. The molecule has 68 heavy (non-hydrogen) atoms. The summed E-state index contributed by atoms with van der Waals surface area (Å²) in [6, 6.07) is 12.7. The maximum absolute atomic E-state index is 6.72. The second-order valence-electron chi connectivity index (χ2n) is 18.3. The van der Waals surface area contributed by atoms with Gasteiger partial charge in [-0.15, -0.1) is 0 Å². The van der Waals surface area contributed by atoms with E-state index in [2.05, 4.69) is 115 Å². The van der Waals surface area contributed by atoms with Crippen LogP contribution in [0.25, 0.3) is 36.5 Å². The summed E-state index contributed by atoms with van der Waals surface area (Å²) in [6.45, 7) is 25.6. The van der Waals surface area contributed by atoms with Crippen LogP contribution in [0.5, 0.6) is 34.5 Å². The third-order valence-corrected chi connectivity index (χ3v) is 12.3. The maximum Gasteiger partial charge on any atom is 0.127 e. The van der Waals surface area contributed by atoms with Gasteiger partial charge in [-0.25, -0.2) is 0 Å². The van der Waals surface area contributed by atoms with E-state index in [9.17, 15) is 0 Å². The van der Waals surface area contributed by atoms with Crippen LogP contribution in [0.15, 0.2) is 49.6 Å². The molecule has 0 aliphatic heterocycles. The quantitative estimate of drug-likeness (QED) is 0.0417. The molecule has 0 spiro atoms. The van der Waals surface area contributed by atoms with Gasteiger partial charge in [0, 0.05) is 33.4 Å². The van der Waals surface area contributed by atoms with E-state index in [4.69, 9.17) is 28.4 Å². The molecule has 0 heterocycles. The fraction of sp³-hybridized carbons (Fsp3) is 0.581. The summed E-state index contributed by atoms with van der Waals surface area (Å²) in [7, 11) is 0. The van der Waals surface area contributed by atoms with Crippen LogP contribution in [-0.2, 0) is 0 Å². The first-order valence-corrected chi connectivity index (χ1v) is 27.4. The molecular formula is C62H94O6. The van der Waals surface area contributed by atoms with Crippen molar-refractivity contribution in [2.45, 2.75) is 196 Å². The van der Waals surface area contributed by atoms with E-state index in [0.717, 1.165) is 145 Å². The second kappa shape index (κ2) is 37.3. The molecule has 3 rings (SSSR count). The van der Waals surface area contributed by atoms with E-state index in [0.29, 0.717) is 39.6 Å².